The van der Waals surface area contributed by atoms with Gasteiger partial charge < -0.3 is 37.6 Å². The van der Waals surface area contributed by atoms with Gasteiger partial charge in [-0.15, -0.1) is 0 Å². The first kappa shape index (κ1) is 31.8. The van der Waals surface area contributed by atoms with Gasteiger partial charge in [0.05, 0.1) is 6.04 Å². The Morgan fingerprint density at radius 1 is 0.865 bits per heavy atom. The number of phenolic OH excluding ortho intramolecular Hbond substituents is 1. The SMILES string of the molecule is CC(C)CC(NC(=O)C(N)CCCCN)C(=O)NC(C(=O)NC(Cc1ccc(O)cc1)C(=O)O)C(C)C. The van der Waals surface area contributed by atoms with Crippen molar-refractivity contribution in [2.45, 2.75) is 84.0 Å². The van der Waals surface area contributed by atoms with Crippen LogP contribution in [-0.4, -0.2) is 64.6 Å². The van der Waals surface area contributed by atoms with Crippen molar-refractivity contribution in [3.8, 4) is 5.75 Å². The summed E-state index contributed by atoms with van der Waals surface area (Å²) in [5.74, 6) is -3.13. The van der Waals surface area contributed by atoms with Gasteiger partial charge in [-0.25, -0.2) is 4.79 Å². The lowest BCUT2D eigenvalue weighted by molar-refractivity contribution is -0.142. The normalized spacial score (nSPS) is 14.5. The number of carboxylic acids is 1. The van der Waals surface area contributed by atoms with Crippen molar-refractivity contribution in [2.75, 3.05) is 6.54 Å². The molecule has 3 amide bonds. The van der Waals surface area contributed by atoms with Crippen molar-refractivity contribution < 1.29 is 29.4 Å². The summed E-state index contributed by atoms with van der Waals surface area (Å²) >= 11 is 0. The fourth-order valence-corrected chi connectivity index (χ4v) is 3.74. The van der Waals surface area contributed by atoms with E-state index < -0.39 is 47.9 Å². The average Bonchev–Trinajstić information content (AvgIpc) is 2.82. The molecule has 0 saturated carbocycles. The molecule has 0 aliphatic rings. The van der Waals surface area contributed by atoms with Crippen LogP contribution < -0.4 is 27.4 Å². The molecule has 208 valence electrons. The Morgan fingerprint density at radius 3 is 1.97 bits per heavy atom. The van der Waals surface area contributed by atoms with E-state index in [1.165, 1.54) is 12.1 Å². The van der Waals surface area contributed by atoms with Gasteiger partial charge in [-0.05, 0) is 55.3 Å². The van der Waals surface area contributed by atoms with Crippen LogP contribution in [0.15, 0.2) is 24.3 Å². The molecular weight excluding hydrogens is 478 g/mol. The quantitative estimate of drug-likeness (QED) is 0.154. The molecule has 0 aliphatic heterocycles. The summed E-state index contributed by atoms with van der Waals surface area (Å²) in [4.78, 5) is 50.6. The highest BCUT2D eigenvalue weighted by atomic mass is 16.4. The van der Waals surface area contributed by atoms with Crippen LogP contribution >= 0.6 is 0 Å². The van der Waals surface area contributed by atoms with Gasteiger partial charge in [0, 0.05) is 6.42 Å². The van der Waals surface area contributed by atoms with Crippen LogP contribution in [0.4, 0.5) is 0 Å². The molecule has 4 atom stereocenters. The number of nitrogens with one attached hydrogen (secondary N) is 3. The molecule has 1 aromatic rings. The van der Waals surface area contributed by atoms with Gasteiger partial charge in [0.15, 0.2) is 0 Å². The number of amides is 3. The Bertz CT molecular complexity index is 890. The Morgan fingerprint density at radius 2 is 1.46 bits per heavy atom. The minimum atomic E-state index is -1.24. The molecule has 1 aromatic carbocycles. The molecule has 0 aliphatic carbocycles. The Balaban J connectivity index is 2.93. The monoisotopic (exact) mass is 521 g/mol. The first-order valence-corrected chi connectivity index (χ1v) is 12.7. The fraction of sp³-hybridized carbons (Fsp3) is 0.615. The average molecular weight is 522 g/mol. The topological polar surface area (TPSA) is 197 Å². The van der Waals surface area contributed by atoms with Crippen LogP contribution in [0, 0.1) is 11.8 Å². The van der Waals surface area contributed by atoms with E-state index >= 15 is 0 Å². The standard InChI is InChI=1S/C26H43N5O6/c1-15(2)13-20(29-23(33)19(28)7-5-6-12-27)24(34)31-22(16(3)4)25(35)30-21(26(36)37)14-17-8-10-18(32)11-9-17/h8-11,15-16,19-22,32H,5-7,12-14,27-28H2,1-4H3,(H,29,33)(H,30,35)(H,31,34)(H,36,37). The number of aliphatic carboxylic acids is 1. The van der Waals surface area contributed by atoms with Crippen LogP contribution in [0.5, 0.6) is 5.75 Å². The number of phenols is 1. The Hall–Kier alpha value is -3.18. The predicted octanol–water partition coefficient (Wildman–Crippen LogP) is 0.632. The Labute approximate surface area is 218 Å². The maximum absolute atomic E-state index is 13.2. The largest absolute Gasteiger partial charge is 0.508 e. The number of unbranched alkanes of at least 4 members (excludes halogenated alkanes) is 1. The number of nitrogens with two attached hydrogens (primary N) is 2. The maximum atomic E-state index is 13.2. The van der Waals surface area contributed by atoms with Crippen molar-refractivity contribution in [1.82, 2.24) is 16.0 Å². The lowest BCUT2D eigenvalue weighted by atomic mass is 9.98. The third kappa shape index (κ3) is 11.6. The number of aromatic hydroxyl groups is 1. The number of hydrogen-bond donors (Lipinski definition) is 7. The lowest BCUT2D eigenvalue weighted by Gasteiger charge is -2.27. The van der Waals surface area contributed by atoms with Crippen LogP contribution in [0.3, 0.4) is 0 Å². The van der Waals surface area contributed by atoms with Gasteiger partial charge in [0.1, 0.15) is 23.9 Å². The zero-order valence-corrected chi connectivity index (χ0v) is 22.2. The number of benzene rings is 1. The minimum Gasteiger partial charge on any atom is -0.508 e. The van der Waals surface area contributed by atoms with E-state index in [1.54, 1.807) is 26.0 Å². The van der Waals surface area contributed by atoms with Gasteiger partial charge in [-0.1, -0.05) is 46.2 Å². The van der Waals surface area contributed by atoms with Crippen molar-refractivity contribution in [3.05, 3.63) is 29.8 Å². The van der Waals surface area contributed by atoms with E-state index in [1.807, 2.05) is 13.8 Å². The van der Waals surface area contributed by atoms with Gasteiger partial charge in [0.25, 0.3) is 0 Å². The maximum Gasteiger partial charge on any atom is 0.326 e. The van der Waals surface area contributed by atoms with Crippen LogP contribution in [0.1, 0.15) is 58.9 Å². The van der Waals surface area contributed by atoms with E-state index in [0.717, 1.165) is 6.42 Å². The summed E-state index contributed by atoms with van der Waals surface area (Å²) in [5, 5.41) is 27.0. The Kier molecular flexibility index (Phi) is 13.6. The number of carbonyl (C=O) groups is 4. The molecule has 37 heavy (non-hydrogen) atoms. The third-order valence-corrected chi connectivity index (χ3v) is 5.88. The van der Waals surface area contributed by atoms with Crippen molar-refractivity contribution >= 4 is 23.7 Å². The highest BCUT2D eigenvalue weighted by Gasteiger charge is 2.32. The third-order valence-electron chi connectivity index (χ3n) is 5.88. The van der Waals surface area contributed by atoms with E-state index in [2.05, 4.69) is 16.0 Å². The zero-order valence-electron chi connectivity index (χ0n) is 22.2. The molecule has 0 heterocycles. The highest BCUT2D eigenvalue weighted by Crippen LogP contribution is 2.13. The molecule has 0 saturated heterocycles. The minimum absolute atomic E-state index is 0.00576. The highest BCUT2D eigenvalue weighted by molar-refractivity contribution is 5.94. The van der Waals surface area contributed by atoms with Crippen molar-refractivity contribution in [3.63, 3.8) is 0 Å². The van der Waals surface area contributed by atoms with E-state index in [4.69, 9.17) is 11.5 Å². The zero-order chi connectivity index (χ0) is 28.1. The smallest absolute Gasteiger partial charge is 0.326 e. The van der Waals surface area contributed by atoms with Crippen LogP contribution in [0.25, 0.3) is 0 Å². The molecule has 11 heteroatoms. The van der Waals surface area contributed by atoms with Gasteiger partial charge in [0.2, 0.25) is 17.7 Å². The fourth-order valence-electron chi connectivity index (χ4n) is 3.74. The lowest BCUT2D eigenvalue weighted by Crippen LogP contribution is -2.58. The summed E-state index contributed by atoms with van der Waals surface area (Å²) < 4.78 is 0. The summed E-state index contributed by atoms with van der Waals surface area (Å²) in [6.45, 7) is 7.76. The molecule has 4 unspecified atom stereocenters. The molecular formula is C26H43N5O6. The summed E-state index contributed by atoms with van der Waals surface area (Å²) in [6, 6.07) is 2.04. The van der Waals surface area contributed by atoms with E-state index in [-0.39, 0.29) is 24.0 Å². The second kappa shape index (κ2) is 15.8. The summed E-state index contributed by atoms with van der Waals surface area (Å²) in [5.41, 5.74) is 12.1. The molecule has 0 fully saturated rings. The van der Waals surface area contributed by atoms with E-state index in [0.29, 0.717) is 31.4 Å². The molecule has 1 rings (SSSR count). The van der Waals surface area contributed by atoms with Crippen molar-refractivity contribution in [1.29, 1.82) is 0 Å². The predicted molar refractivity (Wildman–Crippen MR) is 140 cm³/mol. The summed E-state index contributed by atoms with van der Waals surface area (Å²) in [6.07, 6.45) is 2.20. The van der Waals surface area contributed by atoms with E-state index in [9.17, 15) is 29.4 Å². The molecule has 0 aromatic heterocycles. The van der Waals surface area contributed by atoms with Gasteiger partial charge >= 0.3 is 5.97 Å². The molecule has 0 radical (unpaired) electrons. The molecule has 11 nitrogen and oxygen atoms in total. The van der Waals surface area contributed by atoms with Crippen LogP contribution in [-0.2, 0) is 25.6 Å². The van der Waals surface area contributed by atoms with Gasteiger partial charge in [-0.3, -0.25) is 14.4 Å². The van der Waals surface area contributed by atoms with Crippen LogP contribution in [0.2, 0.25) is 0 Å². The second-order valence-electron chi connectivity index (χ2n) is 10.1. The second-order valence-corrected chi connectivity index (χ2v) is 10.1. The molecule has 0 spiro atoms. The number of rotatable bonds is 16. The van der Waals surface area contributed by atoms with Crippen molar-refractivity contribution in [2.24, 2.45) is 23.3 Å². The molecule has 9 N–H and O–H groups in total. The molecule has 0 bridgehead atoms. The number of hydrogen-bond acceptors (Lipinski definition) is 7. The number of carboxylic acid groups (broad SMARTS) is 1. The van der Waals surface area contributed by atoms with Gasteiger partial charge in [-0.2, -0.15) is 0 Å². The number of carbonyl (C=O) groups excluding carboxylic acids is 3. The summed E-state index contributed by atoms with van der Waals surface area (Å²) in [7, 11) is 0. The first-order valence-electron chi connectivity index (χ1n) is 12.7. The first-order chi connectivity index (χ1) is 17.3.